The Hall–Kier alpha value is -2.77. The number of ether oxygens (including phenoxy) is 1. The number of amides is 3. The summed E-state index contributed by atoms with van der Waals surface area (Å²) >= 11 is 0. The number of nitrogens with one attached hydrogen (secondary N) is 2. The molecule has 8 heteroatoms. The smallest absolute Gasteiger partial charge is 0.408 e. The van der Waals surface area contributed by atoms with Crippen molar-refractivity contribution < 1.29 is 24.2 Å². The third kappa shape index (κ3) is 9.23. The van der Waals surface area contributed by atoms with Gasteiger partial charge in [0, 0.05) is 12.6 Å². The average Bonchev–Trinajstić information content (AvgIpc) is 2.70. The van der Waals surface area contributed by atoms with Gasteiger partial charge in [0.2, 0.25) is 11.8 Å². The predicted molar refractivity (Wildman–Crippen MR) is 133 cm³/mol. The summed E-state index contributed by atoms with van der Waals surface area (Å²) in [5.41, 5.74) is -0.218. The van der Waals surface area contributed by atoms with Crippen LogP contribution in [0.3, 0.4) is 0 Å². The lowest BCUT2D eigenvalue weighted by atomic mass is 9.97. The number of phenols is 1. The molecule has 0 radical (unpaired) electrons. The van der Waals surface area contributed by atoms with Crippen molar-refractivity contribution in [1.82, 2.24) is 15.5 Å². The lowest BCUT2D eigenvalue weighted by Gasteiger charge is -2.38. The second kappa shape index (κ2) is 13.2. The summed E-state index contributed by atoms with van der Waals surface area (Å²) in [5.74, 6) is -0.972. The number of hydrogen-bond donors (Lipinski definition) is 3. The quantitative estimate of drug-likeness (QED) is 0.406. The summed E-state index contributed by atoms with van der Waals surface area (Å²) in [5, 5.41) is 15.7. The van der Waals surface area contributed by atoms with Gasteiger partial charge < -0.3 is 25.4 Å². The van der Waals surface area contributed by atoms with E-state index in [1.165, 1.54) is 17.0 Å². The average molecular weight is 478 g/mol. The van der Waals surface area contributed by atoms with E-state index in [0.29, 0.717) is 12.1 Å². The number of aromatic hydroxyl groups is 1. The topological polar surface area (TPSA) is 108 Å². The van der Waals surface area contributed by atoms with Crippen LogP contribution in [0, 0.1) is 5.92 Å². The molecule has 34 heavy (non-hydrogen) atoms. The molecule has 3 N–H and O–H groups in total. The number of unbranched alkanes of at least 4 members (excludes halogenated alkanes) is 2. The summed E-state index contributed by atoms with van der Waals surface area (Å²) < 4.78 is 5.36. The molecule has 2 atom stereocenters. The van der Waals surface area contributed by atoms with Crippen molar-refractivity contribution in [2.24, 2.45) is 5.92 Å². The van der Waals surface area contributed by atoms with Crippen molar-refractivity contribution in [3.05, 3.63) is 29.8 Å². The summed E-state index contributed by atoms with van der Waals surface area (Å²) in [6.45, 7) is 15.1. The van der Waals surface area contributed by atoms with E-state index in [-0.39, 0.29) is 23.6 Å². The van der Waals surface area contributed by atoms with Crippen LogP contribution in [0.25, 0.3) is 0 Å². The van der Waals surface area contributed by atoms with E-state index in [1.807, 2.05) is 27.7 Å². The molecule has 1 aromatic carbocycles. The molecule has 0 bridgehead atoms. The fraction of sp³-hybridized carbons (Fsp3) is 0.654. The molecule has 192 valence electrons. The first kappa shape index (κ1) is 29.3. The van der Waals surface area contributed by atoms with Crippen molar-refractivity contribution in [3.63, 3.8) is 0 Å². The molecule has 0 aliphatic carbocycles. The molecule has 0 aliphatic rings. The zero-order valence-corrected chi connectivity index (χ0v) is 22.0. The highest BCUT2D eigenvalue weighted by Gasteiger charge is 2.38. The molecule has 0 aromatic heterocycles. The molecule has 3 amide bonds. The summed E-state index contributed by atoms with van der Waals surface area (Å²) in [4.78, 5) is 41.1. The maximum Gasteiger partial charge on any atom is 0.408 e. The lowest BCUT2D eigenvalue weighted by molar-refractivity contribution is -0.145. The van der Waals surface area contributed by atoms with Gasteiger partial charge in [0.15, 0.2) is 0 Å². The Morgan fingerprint density at radius 2 is 1.74 bits per heavy atom. The molecule has 0 spiro atoms. The number of carbonyl (C=O) groups is 3. The number of phenolic OH excluding ortho intramolecular Hbond substituents is 1. The predicted octanol–water partition coefficient (Wildman–Crippen LogP) is 4.53. The van der Waals surface area contributed by atoms with Gasteiger partial charge in [-0.25, -0.2) is 4.79 Å². The number of benzene rings is 1. The number of hydrogen-bond acceptors (Lipinski definition) is 5. The van der Waals surface area contributed by atoms with E-state index >= 15 is 0 Å². The molecule has 1 aromatic rings. The van der Waals surface area contributed by atoms with Crippen LogP contribution in [0.1, 0.15) is 86.3 Å². The highest BCUT2D eigenvalue weighted by Crippen LogP contribution is 2.28. The van der Waals surface area contributed by atoms with Crippen LogP contribution in [-0.4, -0.2) is 52.1 Å². The monoisotopic (exact) mass is 477 g/mol. The molecule has 0 fully saturated rings. The van der Waals surface area contributed by atoms with Crippen molar-refractivity contribution >= 4 is 17.9 Å². The van der Waals surface area contributed by atoms with Gasteiger partial charge >= 0.3 is 6.09 Å². The zero-order valence-electron chi connectivity index (χ0n) is 22.0. The van der Waals surface area contributed by atoms with Gasteiger partial charge in [-0.1, -0.05) is 45.7 Å². The lowest BCUT2D eigenvalue weighted by Crippen LogP contribution is -2.56. The first-order chi connectivity index (χ1) is 15.8. The molecule has 0 saturated heterocycles. The van der Waals surface area contributed by atoms with Crippen molar-refractivity contribution in [1.29, 1.82) is 0 Å². The molecular weight excluding hydrogens is 434 g/mol. The molecule has 8 nitrogen and oxygen atoms in total. The van der Waals surface area contributed by atoms with E-state index in [9.17, 15) is 19.5 Å². The van der Waals surface area contributed by atoms with Crippen molar-refractivity contribution in [2.75, 3.05) is 6.54 Å². The van der Waals surface area contributed by atoms with Crippen LogP contribution in [0.4, 0.5) is 4.79 Å². The van der Waals surface area contributed by atoms with E-state index in [1.54, 1.807) is 32.9 Å². The van der Waals surface area contributed by atoms with Gasteiger partial charge in [0.25, 0.3) is 0 Å². The van der Waals surface area contributed by atoms with Crippen molar-refractivity contribution in [3.8, 4) is 5.75 Å². The summed E-state index contributed by atoms with van der Waals surface area (Å²) in [7, 11) is 0. The largest absolute Gasteiger partial charge is 0.508 e. The fourth-order valence-corrected chi connectivity index (χ4v) is 3.60. The Morgan fingerprint density at radius 3 is 2.24 bits per heavy atom. The van der Waals surface area contributed by atoms with Crippen LogP contribution >= 0.6 is 0 Å². The fourth-order valence-electron chi connectivity index (χ4n) is 3.60. The van der Waals surface area contributed by atoms with Gasteiger partial charge in [0.05, 0.1) is 0 Å². The number of alkyl carbamates (subject to hydrolysis) is 1. The SMILES string of the molecule is CCCCCNC(=O)C(c1cccc(O)c1)N(C(=O)C(NC(=O)OC(C)(C)C)C(C)C)C(C)C. The molecule has 0 saturated carbocycles. The standard InChI is InChI=1S/C26H43N3O5/c1-9-10-11-15-27-23(31)22(19-13-12-14-20(30)16-19)29(18(4)5)24(32)21(17(2)3)28-25(33)34-26(6,7)8/h12-14,16-18,21-22,30H,9-11,15H2,1-8H3,(H,27,31)(H,28,33). The van der Waals surface area contributed by atoms with Crippen molar-refractivity contribution in [2.45, 2.75) is 98.4 Å². The third-order valence-corrected chi connectivity index (χ3v) is 5.21. The molecular formula is C26H43N3O5. The van der Waals surface area contributed by atoms with E-state index in [2.05, 4.69) is 17.6 Å². The third-order valence-electron chi connectivity index (χ3n) is 5.21. The van der Waals surface area contributed by atoms with Gasteiger partial charge in [-0.3, -0.25) is 9.59 Å². The van der Waals surface area contributed by atoms with E-state index in [0.717, 1.165) is 19.3 Å². The number of carbonyl (C=O) groups excluding carboxylic acids is 3. The van der Waals surface area contributed by atoms with Crippen LogP contribution in [0.2, 0.25) is 0 Å². The number of nitrogens with zero attached hydrogens (tertiary/aromatic N) is 1. The molecule has 0 aliphatic heterocycles. The van der Waals surface area contributed by atoms with Crippen LogP contribution < -0.4 is 10.6 Å². The Labute approximate surface area is 204 Å². The molecule has 1 rings (SSSR count). The summed E-state index contributed by atoms with van der Waals surface area (Å²) in [6.07, 6.45) is 2.15. The van der Waals surface area contributed by atoms with Crippen LogP contribution in [-0.2, 0) is 14.3 Å². The molecule has 2 unspecified atom stereocenters. The van der Waals surface area contributed by atoms with Gasteiger partial charge in [-0.2, -0.15) is 0 Å². The highest BCUT2D eigenvalue weighted by molar-refractivity contribution is 5.92. The van der Waals surface area contributed by atoms with E-state index < -0.39 is 29.7 Å². The minimum absolute atomic E-state index is 0.00438. The minimum atomic E-state index is -0.970. The highest BCUT2D eigenvalue weighted by atomic mass is 16.6. The van der Waals surface area contributed by atoms with Gasteiger partial charge in [-0.15, -0.1) is 0 Å². The molecule has 0 heterocycles. The Balaban J connectivity index is 3.35. The Kier molecular flexibility index (Phi) is 11.4. The van der Waals surface area contributed by atoms with E-state index in [4.69, 9.17) is 4.74 Å². The van der Waals surface area contributed by atoms with Gasteiger partial charge in [-0.05, 0) is 64.7 Å². The van der Waals surface area contributed by atoms with Crippen LogP contribution in [0.15, 0.2) is 24.3 Å². The van der Waals surface area contributed by atoms with Crippen LogP contribution in [0.5, 0.6) is 5.75 Å². The maximum absolute atomic E-state index is 13.8. The second-order valence-electron chi connectivity index (χ2n) is 10.2. The second-order valence-corrected chi connectivity index (χ2v) is 10.2. The Morgan fingerprint density at radius 1 is 1.09 bits per heavy atom. The Bertz CT molecular complexity index is 817. The first-order valence-electron chi connectivity index (χ1n) is 12.2. The number of rotatable bonds is 11. The van der Waals surface area contributed by atoms with Gasteiger partial charge in [0.1, 0.15) is 23.4 Å². The normalized spacial score (nSPS) is 13.4. The minimum Gasteiger partial charge on any atom is -0.508 e. The summed E-state index contributed by atoms with van der Waals surface area (Å²) in [6, 6.07) is 4.14. The maximum atomic E-state index is 13.8. The zero-order chi connectivity index (χ0) is 26.1. The first-order valence-corrected chi connectivity index (χ1v) is 12.2.